The molecule has 1 nitrogen and oxygen atoms in total. The van der Waals surface area contributed by atoms with Crippen LogP contribution in [-0.4, -0.2) is 36.0 Å². The number of hydrogen-bond acceptors (Lipinski definition) is 1. The zero-order valence-corrected chi connectivity index (χ0v) is 19.1. The van der Waals surface area contributed by atoms with E-state index in [0.717, 1.165) is 11.1 Å². The smallest absolute Gasteiger partial charge is 0.112 e. The van der Waals surface area contributed by atoms with Gasteiger partial charge in [0.05, 0.1) is 8.80 Å². The van der Waals surface area contributed by atoms with Crippen molar-refractivity contribution < 1.29 is 0 Å². The van der Waals surface area contributed by atoms with E-state index in [4.69, 9.17) is 0 Å². The molecular weight excluding hydrogens is 326 g/mol. The highest BCUT2D eigenvalue weighted by molar-refractivity contribution is 6.89. The first-order valence-electron chi connectivity index (χ1n) is 9.17. The predicted molar refractivity (Wildman–Crippen MR) is 114 cm³/mol. The van der Waals surface area contributed by atoms with Crippen LogP contribution in [0.25, 0.3) is 0 Å². The van der Waals surface area contributed by atoms with Crippen LogP contribution in [0, 0.1) is 0 Å². The first kappa shape index (κ1) is 18.9. The number of nitrogens with zero attached hydrogens (tertiary/aromatic N) is 1. The Hall–Kier alpha value is -0.429. The van der Waals surface area contributed by atoms with Crippen LogP contribution in [-0.2, 0) is 0 Å². The highest BCUT2D eigenvalue weighted by Gasteiger charge is 2.34. The zero-order chi connectivity index (χ0) is 17.1. The maximum Gasteiger partial charge on any atom is 0.112 e. The second-order valence-corrected chi connectivity index (χ2v) is 22.6. The molecule has 128 valence electrons. The van der Waals surface area contributed by atoms with Crippen LogP contribution in [0.15, 0.2) is 48.6 Å². The summed E-state index contributed by atoms with van der Waals surface area (Å²) in [6.07, 6.45) is 20.2. The molecule has 0 saturated heterocycles. The van der Waals surface area contributed by atoms with Crippen molar-refractivity contribution in [2.45, 2.75) is 62.8 Å². The van der Waals surface area contributed by atoms with E-state index < -0.39 is 25.3 Å². The topological polar surface area (TPSA) is 3.24 Å². The van der Waals surface area contributed by atoms with Crippen molar-refractivity contribution in [2.24, 2.45) is 0 Å². The molecule has 2 aliphatic rings. The Morgan fingerprint density at radius 3 is 1.48 bits per heavy atom. The molecule has 0 aromatic carbocycles. The summed E-state index contributed by atoms with van der Waals surface area (Å²) in [5.74, 6) is 0. The standard InChI is InChI=1S/C19H35NSi3/c1-22(2,3)20(23(4,5)6)16-11-17-21(18-12-7-8-13-18)19-14-9-10-15-19/h7-10,12-15,18-19,21H,11,16-17H2,1-6H3. The van der Waals surface area contributed by atoms with Gasteiger partial charge in [-0.05, 0) is 24.0 Å². The van der Waals surface area contributed by atoms with Gasteiger partial charge in [0.1, 0.15) is 16.5 Å². The number of rotatable bonds is 8. The van der Waals surface area contributed by atoms with Crippen LogP contribution in [0.1, 0.15) is 6.42 Å². The third-order valence-corrected chi connectivity index (χ3v) is 16.7. The molecule has 0 heterocycles. The molecule has 23 heavy (non-hydrogen) atoms. The van der Waals surface area contributed by atoms with Crippen LogP contribution in [0.4, 0.5) is 0 Å². The first-order chi connectivity index (χ1) is 10.7. The summed E-state index contributed by atoms with van der Waals surface area (Å²) in [7, 11) is -3.25. The molecule has 0 spiro atoms. The van der Waals surface area contributed by atoms with E-state index in [1.54, 1.807) is 0 Å². The van der Waals surface area contributed by atoms with Crippen molar-refractivity contribution in [3.05, 3.63) is 48.6 Å². The van der Waals surface area contributed by atoms with E-state index in [0.29, 0.717) is 0 Å². The van der Waals surface area contributed by atoms with Crippen LogP contribution < -0.4 is 0 Å². The lowest BCUT2D eigenvalue weighted by Gasteiger charge is -2.44. The summed E-state index contributed by atoms with van der Waals surface area (Å²) in [5.41, 5.74) is 1.53. The van der Waals surface area contributed by atoms with Gasteiger partial charge < -0.3 is 4.23 Å². The Kier molecular flexibility index (Phi) is 6.28. The van der Waals surface area contributed by atoms with E-state index in [-0.39, 0.29) is 0 Å². The normalized spacial score (nSPS) is 19.1. The summed E-state index contributed by atoms with van der Waals surface area (Å²) in [6.45, 7) is 16.4. The second-order valence-electron chi connectivity index (χ2n) is 8.99. The largest absolute Gasteiger partial charge is 0.346 e. The molecule has 2 rings (SSSR count). The average Bonchev–Trinajstić information content (AvgIpc) is 3.08. The summed E-state index contributed by atoms with van der Waals surface area (Å²) in [5, 5.41) is 0. The van der Waals surface area contributed by atoms with Gasteiger partial charge in [0.15, 0.2) is 0 Å². The van der Waals surface area contributed by atoms with Gasteiger partial charge in [-0.2, -0.15) is 0 Å². The molecule has 2 aliphatic carbocycles. The Bertz CT molecular complexity index is 440. The number of allylic oxidation sites excluding steroid dienone is 8. The summed E-state index contributed by atoms with van der Waals surface area (Å²) in [4.78, 5) is 0. The van der Waals surface area contributed by atoms with Crippen molar-refractivity contribution in [1.82, 2.24) is 4.23 Å². The quantitative estimate of drug-likeness (QED) is 0.511. The third kappa shape index (κ3) is 5.28. The summed E-state index contributed by atoms with van der Waals surface area (Å²) < 4.78 is 2.95. The summed E-state index contributed by atoms with van der Waals surface area (Å²) >= 11 is 0. The average molecular weight is 362 g/mol. The SMILES string of the molecule is C[Si](C)(C)N(CCC[SiH](C1C=CC=C1)C1C=CC=C1)[Si](C)(C)C. The highest BCUT2D eigenvalue weighted by Crippen LogP contribution is 2.35. The van der Waals surface area contributed by atoms with Crippen molar-refractivity contribution in [3.8, 4) is 0 Å². The molecule has 0 unspecified atom stereocenters. The van der Waals surface area contributed by atoms with Crippen LogP contribution in [0.2, 0.25) is 56.4 Å². The van der Waals surface area contributed by atoms with Crippen LogP contribution >= 0.6 is 0 Å². The minimum Gasteiger partial charge on any atom is -0.346 e. The van der Waals surface area contributed by atoms with E-state index in [1.165, 1.54) is 19.0 Å². The molecule has 0 atom stereocenters. The molecule has 4 heteroatoms. The minimum absolute atomic E-state index is 0.764. The first-order valence-corrected chi connectivity index (χ1v) is 18.2. The molecule has 0 aliphatic heterocycles. The van der Waals surface area contributed by atoms with Crippen molar-refractivity contribution in [2.75, 3.05) is 6.54 Å². The van der Waals surface area contributed by atoms with E-state index in [9.17, 15) is 0 Å². The van der Waals surface area contributed by atoms with Gasteiger partial charge in [-0.1, -0.05) is 93.9 Å². The maximum atomic E-state index is 2.95. The van der Waals surface area contributed by atoms with Gasteiger partial charge in [-0.25, -0.2) is 0 Å². The van der Waals surface area contributed by atoms with Gasteiger partial charge in [0.25, 0.3) is 0 Å². The lowest BCUT2D eigenvalue weighted by Crippen LogP contribution is -2.59. The molecule has 0 aromatic heterocycles. The Morgan fingerprint density at radius 1 is 0.739 bits per heavy atom. The van der Waals surface area contributed by atoms with E-state index in [2.05, 4.69) is 92.1 Å². The number of hydrogen-bond donors (Lipinski definition) is 0. The van der Waals surface area contributed by atoms with Gasteiger partial charge >= 0.3 is 0 Å². The highest BCUT2D eigenvalue weighted by atomic mass is 28.4. The third-order valence-electron chi connectivity index (χ3n) is 5.08. The van der Waals surface area contributed by atoms with Crippen LogP contribution in [0.5, 0.6) is 0 Å². The van der Waals surface area contributed by atoms with Crippen molar-refractivity contribution in [3.63, 3.8) is 0 Å². The van der Waals surface area contributed by atoms with Crippen molar-refractivity contribution in [1.29, 1.82) is 0 Å². The van der Waals surface area contributed by atoms with Gasteiger partial charge in [-0.3, -0.25) is 0 Å². The zero-order valence-electron chi connectivity index (χ0n) is 15.9. The predicted octanol–water partition coefficient (Wildman–Crippen LogP) is 5.57. The molecule has 0 bridgehead atoms. The second kappa shape index (κ2) is 7.64. The maximum absolute atomic E-state index is 2.95. The van der Waals surface area contributed by atoms with Gasteiger partial charge in [0.2, 0.25) is 0 Å². The molecule has 0 radical (unpaired) electrons. The van der Waals surface area contributed by atoms with E-state index >= 15 is 0 Å². The summed E-state index contributed by atoms with van der Waals surface area (Å²) in [6, 6.07) is 1.46. The van der Waals surface area contributed by atoms with Crippen molar-refractivity contribution >= 4 is 25.3 Å². The molecule has 0 N–H and O–H groups in total. The molecule has 0 aromatic rings. The molecular formula is C19H35NSi3. The monoisotopic (exact) mass is 361 g/mol. The fourth-order valence-corrected chi connectivity index (χ4v) is 17.6. The molecule has 0 amide bonds. The lowest BCUT2D eigenvalue weighted by molar-refractivity contribution is 0.599. The van der Waals surface area contributed by atoms with Crippen LogP contribution in [0.3, 0.4) is 0 Å². The Balaban J connectivity index is 1.98. The Morgan fingerprint density at radius 2 is 1.13 bits per heavy atom. The minimum atomic E-state index is -1.20. The Labute approximate surface area is 147 Å². The molecule has 0 saturated carbocycles. The fourth-order valence-electron chi connectivity index (χ4n) is 4.27. The van der Waals surface area contributed by atoms with Gasteiger partial charge in [-0.15, -0.1) is 0 Å². The lowest BCUT2D eigenvalue weighted by atomic mass is 10.4. The van der Waals surface area contributed by atoms with E-state index in [1.807, 2.05) is 0 Å². The fraction of sp³-hybridized carbons (Fsp3) is 0.579. The van der Waals surface area contributed by atoms with Gasteiger partial charge in [0, 0.05) is 0 Å². The molecule has 0 fully saturated rings.